The number of rotatable bonds is 6. The number of unbranched alkanes of at least 4 members (excludes halogenated alkanes) is 2. The highest BCUT2D eigenvalue weighted by atomic mass is 32.2. The normalized spacial score (nSPS) is 26.2. The lowest BCUT2D eigenvalue weighted by Gasteiger charge is -2.36. The Kier molecular flexibility index (Phi) is 5.77. The van der Waals surface area contributed by atoms with E-state index in [1.165, 1.54) is 37.0 Å². The van der Waals surface area contributed by atoms with E-state index < -0.39 is 0 Å². The second-order valence-electron chi connectivity index (χ2n) is 5.65. The van der Waals surface area contributed by atoms with Gasteiger partial charge in [-0.3, -0.25) is 0 Å². The number of hydrogen-bond acceptors (Lipinski definition) is 2. The van der Waals surface area contributed by atoms with Crippen molar-refractivity contribution in [3.05, 3.63) is 35.4 Å². The van der Waals surface area contributed by atoms with E-state index in [1.807, 2.05) is 0 Å². The first-order chi connectivity index (χ1) is 9.27. The minimum atomic E-state index is 0.527. The zero-order valence-electron chi connectivity index (χ0n) is 12.5. The van der Waals surface area contributed by atoms with Crippen LogP contribution in [0.15, 0.2) is 24.3 Å². The predicted molar refractivity (Wildman–Crippen MR) is 87.0 cm³/mol. The first kappa shape index (κ1) is 14.9. The number of thioether (sulfide) groups is 1. The van der Waals surface area contributed by atoms with Crippen molar-refractivity contribution in [2.75, 3.05) is 12.8 Å². The summed E-state index contributed by atoms with van der Waals surface area (Å²) in [5, 5.41) is 4.28. The van der Waals surface area contributed by atoms with Gasteiger partial charge in [0, 0.05) is 11.3 Å². The van der Waals surface area contributed by atoms with Crippen LogP contribution in [0.5, 0.6) is 0 Å². The fourth-order valence-corrected chi connectivity index (χ4v) is 4.72. The van der Waals surface area contributed by atoms with Crippen molar-refractivity contribution in [1.82, 2.24) is 5.32 Å². The second kappa shape index (κ2) is 7.35. The van der Waals surface area contributed by atoms with Crippen molar-refractivity contribution < 1.29 is 0 Å². The van der Waals surface area contributed by atoms with Crippen LogP contribution >= 0.6 is 11.8 Å². The summed E-state index contributed by atoms with van der Waals surface area (Å²) < 4.78 is 0. The molecule has 0 heterocycles. The standard InChI is InChI=1S/C17H27NS/c1-4-5-8-11-19-16-12-13(2)14-9-6-7-10-15(14)17(16)18-3/h6-7,9-10,13,16-18H,4-5,8,11-12H2,1-3H3. The summed E-state index contributed by atoms with van der Waals surface area (Å²) >= 11 is 2.17. The van der Waals surface area contributed by atoms with Gasteiger partial charge < -0.3 is 5.32 Å². The van der Waals surface area contributed by atoms with E-state index >= 15 is 0 Å². The highest BCUT2D eigenvalue weighted by molar-refractivity contribution is 7.99. The van der Waals surface area contributed by atoms with Crippen molar-refractivity contribution in [1.29, 1.82) is 0 Å². The summed E-state index contributed by atoms with van der Waals surface area (Å²) in [5.41, 5.74) is 3.07. The van der Waals surface area contributed by atoms with Gasteiger partial charge in [-0.25, -0.2) is 0 Å². The third-order valence-electron chi connectivity index (χ3n) is 4.21. The molecular weight excluding hydrogens is 250 g/mol. The van der Waals surface area contributed by atoms with Crippen LogP contribution in [0.2, 0.25) is 0 Å². The van der Waals surface area contributed by atoms with Crippen LogP contribution in [0.3, 0.4) is 0 Å². The Labute approximate surface area is 122 Å². The minimum absolute atomic E-state index is 0.527. The quantitative estimate of drug-likeness (QED) is 0.753. The largest absolute Gasteiger partial charge is 0.312 e. The van der Waals surface area contributed by atoms with E-state index in [9.17, 15) is 0 Å². The van der Waals surface area contributed by atoms with Gasteiger partial charge in [0.2, 0.25) is 0 Å². The maximum absolute atomic E-state index is 3.55. The van der Waals surface area contributed by atoms with Crippen LogP contribution in [-0.2, 0) is 0 Å². The van der Waals surface area contributed by atoms with Gasteiger partial charge in [-0.15, -0.1) is 0 Å². The van der Waals surface area contributed by atoms with Crippen LogP contribution < -0.4 is 5.32 Å². The smallest absolute Gasteiger partial charge is 0.0441 e. The topological polar surface area (TPSA) is 12.0 Å². The molecule has 0 saturated heterocycles. The van der Waals surface area contributed by atoms with Gasteiger partial charge in [-0.2, -0.15) is 11.8 Å². The molecule has 0 amide bonds. The Morgan fingerprint density at radius 3 is 2.63 bits per heavy atom. The maximum atomic E-state index is 3.55. The van der Waals surface area contributed by atoms with Gasteiger partial charge in [0.05, 0.1) is 0 Å². The molecule has 0 fully saturated rings. The molecule has 0 bridgehead atoms. The summed E-state index contributed by atoms with van der Waals surface area (Å²) in [6.45, 7) is 4.66. The van der Waals surface area contributed by atoms with E-state index in [4.69, 9.17) is 0 Å². The van der Waals surface area contributed by atoms with Crippen molar-refractivity contribution in [3.63, 3.8) is 0 Å². The molecule has 3 atom stereocenters. The molecule has 0 spiro atoms. The Balaban J connectivity index is 2.06. The van der Waals surface area contributed by atoms with Gasteiger partial charge in [-0.05, 0) is 42.7 Å². The summed E-state index contributed by atoms with van der Waals surface area (Å²) in [6.07, 6.45) is 5.36. The number of benzene rings is 1. The van der Waals surface area contributed by atoms with Crippen LogP contribution in [0, 0.1) is 0 Å². The number of nitrogens with one attached hydrogen (secondary N) is 1. The Hall–Kier alpha value is -0.470. The van der Waals surface area contributed by atoms with E-state index in [1.54, 1.807) is 5.56 Å². The average molecular weight is 277 g/mol. The maximum Gasteiger partial charge on any atom is 0.0441 e. The van der Waals surface area contributed by atoms with Gasteiger partial charge in [0.1, 0.15) is 0 Å². The summed E-state index contributed by atoms with van der Waals surface area (Å²) in [7, 11) is 2.11. The Morgan fingerprint density at radius 2 is 1.95 bits per heavy atom. The first-order valence-corrected chi connectivity index (χ1v) is 8.70. The molecular formula is C17H27NS. The fraction of sp³-hybridized carbons (Fsp3) is 0.647. The lowest BCUT2D eigenvalue weighted by atomic mass is 9.81. The Bertz CT molecular complexity index is 391. The molecule has 19 heavy (non-hydrogen) atoms. The van der Waals surface area contributed by atoms with E-state index in [0.29, 0.717) is 12.0 Å². The van der Waals surface area contributed by atoms with Crippen molar-refractivity contribution in [3.8, 4) is 0 Å². The average Bonchev–Trinajstić information content (AvgIpc) is 2.44. The number of fused-ring (bicyclic) bond motifs is 1. The monoisotopic (exact) mass is 277 g/mol. The predicted octanol–water partition coefficient (Wildman–Crippen LogP) is 4.75. The van der Waals surface area contributed by atoms with Crippen LogP contribution in [0.4, 0.5) is 0 Å². The summed E-state index contributed by atoms with van der Waals surface area (Å²) in [6, 6.07) is 9.50. The van der Waals surface area contributed by atoms with Gasteiger partial charge >= 0.3 is 0 Å². The lowest BCUT2D eigenvalue weighted by molar-refractivity contribution is 0.473. The summed E-state index contributed by atoms with van der Waals surface area (Å²) in [4.78, 5) is 0. The van der Waals surface area contributed by atoms with E-state index in [-0.39, 0.29) is 0 Å². The van der Waals surface area contributed by atoms with Crippen LogP contribution in [0.25, 0.3) is 0 Å². The second-order valence-corrected chi connectivity index (χ2v) is 7.00. The van der Waals surface area contributed by atoms with E-state index in [0.717, 1.165) is 5.25 Å². The zero-order chi connectivity index (χ0) is 13.7. The molecule has 0 aliphatic heterocycles. The molecule has 0 saturated carbocycles. The van der Waals surface area contributed by atoms with Crippen molar-refractivity contribution >= 4 is 11.8 Å². The molecule has 2 heteroatoms. The molecule has 3 unspecified atom stereocenters. The van der Waals surface area contributed by atoms with E-state index in [2.05, 4.69) is 62.2 Å². The third-order valence-corrected chi connectivity index (χ3v) is 5.63. The molecule has 1 aromatic carbocycles. The Morgan fingerprint density at radius 1 is 1.21 bits per heavy atom. The molecule has 2 rings (SSSR count). The molecule has 1 nitrogen and oxygen atoms in total. The van der Waals surface area contributed by atoms with Crippen LogP contribution in [0.1, 0.15) is 62.6 Å². The molecule has 1 aliphatic carbocycles. The third kappa shape index (κ3) is 3.55. The number of hydrogen-bond donors (Lipinski definition) is 1. The highest BCUT2D eigenvalue weighted by Crippen LogP contribution is 2.42. The van der Waals surface area contributed by atoms with Crippen molar-refractivity contribution in [2.24, 2.45) is 0 Å². The fourth-order valence-electron chi connectivity index (χ4n) is 3.15. The van der Waals surface area contributed by atoms with Crippen LogP contribution in [-0.4, -0.2) is 18.1 Å². The van der Waals surface area contributed by atoms with Crippen molar-refractivity contribution in [2.45, 2.75) is 56.7 Å². The SMILES string of the molecule is CCCCCSC1CC(C)c2ccccc2C1NC. The minimum Gasteiger partial charge on any atom is -0.312 e. The molecule has 1 aromatic rings. The van der Waals surface area contributed by atoms with Gasteiger partial charge in [0.15, 0.2) is 0 Å². The first-order valence-electron chi connectivity index (χ1n) is 7.65. The zero-order valence-corrected chi connectivity index (χ0v) is 13.3. The molecule has 1 aliphatic rings. The molecule has 0 radical (unpaired) electrons. The molecule has 0 aromatic heterocycles. The van der Waals surface area contributed by atoms with Gasteiger partial charge in [0.25, 0.3) is 0 Å². The lowest BCUT2D eigenvalue weighted by Crippen LogP contribution is -2.33. The highest BCUT2D eigenvalue weighted by Gasteiger charge is 2.31. The summed E-state index contributed by atoms with van der Waals surface area (Å²) in [5.74, 6) is 2.01. The van der Waals surface area contributed by atoms with Gasteiger partial charge in [-0.1, -0.05) is 51.0 Å². The molecule has 106 valence electrons. The molecule has 1 N–H and O–H groups in total.